The molecule has 1 aromatic heterocycles. The predicted octanol–water partition coefficient (Wildman–Crippen LogP) is 2.07. The fraction of sp³-hybridized carbons (Fsp3) is 0.267. The average molecular weight is 251 g/mol. The lowest BCUT2D eigenvalue weighted by molar-refractivity contribution is 0.722. The Morgan fingerprint density at radius 2 is 2.11 bits per heavy atom. The molecule has 19 heavy (non-hydrogen) atoms. The summed E-state index contributed by atoms with van der Waals surface area (Å²) < 4.78 is 1.55. The molecule has 2 atom stereocenters. The minimum atomic E-state index is -0.0764. The summed E-state index contributed by atoms with van der Waals surface area (Å²) in [4.78, 5) is 16.6. The second-order valence-corrected chi connectivity index (χ2v) is 4.84. The van der Waals surface area contributed by atoms with Crippen molar-refractivity contribution in [2.24, 2.45) is 13.0 Å². The Morgan fingerprint density at radius 3 is 2.74 bits per heavy atom. The second-order valence-electron chi connectivity index (χ2n) is 4.84. The molecule has 0 spiro atoms. The van der Waals surface area contributed by atoms with Gasteiger partial charge in [-0.15, -0.1) is 0 Å². The molecule has 0 amide bonds. The molecule has 1 aromatic carbocycles. The lowest BCUT2D eigenvalue weighted by Gasteiger charge is -2.08. The standard InChI is InChI=1S/C15H13N3O/c1-18-14(19)8-13(10-5-3-2-4-6-10)17-15(18)12-7-11(12)9-16/h2-6,8,11-12H,7H2,1H3. The molecule has 1 aliphatic rings. The van der Waals surface area contributed by atoms with Crippen LogP contribution in [0.25, 0.3) is 11.3 Å². The highest BCUT2D eigenvalue weighted by molar-refractivity contribution is 5.58. The maximum Gasteiger partial charge on any atom is 0.253 e. The lowest BCUT2D eigenvalue weighted by atomic mass is 10.1. The molecular weight excluding hydrogens is 238 g/mol. The zero-order valence-corrected chi connectivity index (χ0v) is 10.6. The molecule has 0 N–H and O–H groups in total. The molecule has 0 bridgehead atoms. The van der Waals surface area contributed by atoms with Crippen molar-refractivity contribution >= 4 is 0 Å². The third-order valence-corrected chi connectivity index (χ3v) is 3.53. The number of nitriles is 1. The molecule has 2 unspecified atom stereocenters. The monoisotopic (exact) mass is 251 g/mol. The Bertz CT molecular complexity index is 712. The number of rotatable bonds is 2. The molecule has 4 heteroatoms. The first kappa shape index (κ1) is 11.7. The molecule has 4 nitrogen and oxygen atoms in total. The van der Waals surface area contributed by atoms with Gasteiger partial charge in [-0.05, 0) is 6.42 Å². The van der Waals surface area contributed by atoms with Crippen LogP contribution in [0.5, 0.6) is 0 Å². The maximum atomic E-state index is 12.0. The summed E-state index contributed by atoms with van der Waals surface area (Å²) in [5.41, 5.74) is 1.53. The zero-order valence-electron chi connectivity index (χ0n) is 10.6. The van der Waals surface area contributed by atoms with E-state index in [1.165, 1.54) is 0 Å². The Morgan fingerprint density at radius 1 is 1.37 bits per heavy atom. The van der Waals surface area contributed by atoms with Gasteiger partial charge in [0.05, 0.1) is 17.7 Å². The minimum absolute atomic E-state index is 0.00382. The van der Waals surface area contributed by atoms with Gasteiger partial charge in [0.25, 0.3) is 5.56 Å². The zero-order chi connectivity index (χ0) is 13.4. The van der Waals surface area contributed by atoms with E-state index in [0.29, 0.717) is 5.69 Å². The van der Waals surface area contributed by atoms with E-state index in [4.69, 9.17) is 5.26 Å². The quantitative estimate of drug-likeness (QED) is 0.821. The van der Waals surface area contributed by atoms with Crippen LogP contribution < -0.4 is 5.56 Å². The first-order valence-electron chi connectivity index (χ1n) is 6.23. The second kappa shape index (κ2) is 4.36. The Kier molecular flexibility index (Phi) is 2.68. The summed E-state index contributed by atoms with van der Waals surface area (Å²) in [7, 11) is 1.71. The predicted molar refractivity (Wildman–Crippen MR) is 71.4 cm³/mol. The van der Waals surface area contributed by atoms with E-state index in [-0.39, 0.29) is 17.4 Å². The van der Waals surface area contributed by atoms with Gasteiger partial charge in [0.15, 0.2) is 0 Å². The van der Waals surface area contributed by atoms with Crippen molar-refractivity contribution in [3.63, 3.8) is 0 Å². The van der Waals surface area contributed by atoms with Crippen LogP contribution in [-0.2, 0) is 7.05 Å². The Balaban J connectivity index is 2.10. The van der Waals surface area contributed by atoms with E-state index in [9.17, 15) is 4.79 Å². The largest absolute Gasteiger partial charge is 0.300 e. The molecule has 0 aliphatic heterocycles. The van der Waals surface area contributed by atoms with Gasteiger partial charge >= 0.3 is 0 Å². The average Bonchev–Trinajstić information content (AvgIpc) is 3.22. The van der Waals surface area contributed by atoms with Crippen LogP contribution in [0.15, 0.2) is 41.2 Å². The van der Waals surface area contributed by atoms with Gasteiger partial charge in [0.2, 0.25) is 0 Å². The summed E-state index contributed by atoms with van der Waals surface area (Å²) in [5, 5.41) is 8.92. The topological polar surface area (TPSA) is 58.7 Å². The van der Waals surface area contributed by atoms with E-state index >= 15 is 0 Å². The maximum absolute atomic E-state index is 12.0. The minimum Gasteiger partial charge on any atom is -0.300 e. The van der Waals surface area contributed by atoms with Crippen molar-refractivity contribution in [2.75, 3.05) is 0 Å². The number of aromatic nitrogens is 2. The summed E-state index contributed by atoms with van der Waals surface area (Å²) >= 11 is 0. The van der Waals surface area contributed by atoms with Crippen molar-refractivity contribution in [1.29, 1.82) is 5.26 Å². The highest BCUT2D eigenvalue weighted by Crippen LogP contribution is 2.45. The highest BCUT2D eigenvalue weighted by atomic mass is 16.1. The van der Waals surface area contributed by atoms with E-state index in [1.54, 1.807) is 17.7 Å². The van der Waals surface area contributed by atoms with Crippen molar-refractivity contribution in [3.05, 3.63) is 52.6 Å². The van der Waals surface area contributed by atoms with Gasteiger partial charge in [-0.1, -0.05) is 30.3 Å². The van der Waals surface area contributed by atoms with Crippen LogP contribution in [0.4, 0.5) is 0 Å². The molecule has 2 aromatic rings. The summed E-state index contributed by atoms with van der Waals surface area (Å²) in [6.45, 7) is 0. The summed E-state index contributed by atoms with van der Waals surface area (Å²) in [6, 6.07) is 13.4. The lowest BCUT2D eigenvalue weighted by Crippen LogP contribution is -2.21. The Labute approximate surface area is 111 Å². The van der Waals surface area contributed by atoms with Crippen LogP contribution in [0.1, 0.15) is 18.2 Å². The van der Waals surface area contributed by atoms with Gasteiger partial charge in [-0.3, -0.25) is 9.36 Å². The summed E-state index contributed by atoms with van der Waals surface area (Å²) in [6.07, 6.45) is 0.801. The number of nitrogens with zero attached hydrogens (tertiary/aromatic N) is 3. The molecule has 1 aliphatic carbocycles. The molecular formula is C15H13N3O. The number of hydrogen-bond acceptors (Lipinski definition) is 3. The fourth-order valence-electron chi connectivity index (χ4n) is 2.27. The SMILES string of the molecule is Cn1c(C2CC2C#N)nc(-c2ccccc2)cc1=O. The van der Waals surface area contributed by atoms with Crippen LogP contribution in [0.2, 0.25) is 0 Å². The van der Waals surface area contributed by atoms with Crippen molar-refractivity contribution in [3.8, 4) is 17.3 Å². The molecule has 94 valence electrons. The third-order valence-electron chi connectivity index (χ3n) is 3.53. The normalized spacial score (nSPS) is 20.8. The van der Waals surface area contributed by atoms with E-state index < -0.39 is 0 Å². The van der Waals surface area contributed by atoms with E-state index in [0.717, 1.165) is 17.8 Å². The number of hydrogen-bond donors (Lipinski definition) is 0. The fourth-order valence-corrected chi connectivity index (χ4v) is 2.27. The van der Waals surface area contributed by atoms with Gasteiger partial charge in [0, 0.05) is 24.6 Å². The van der Waals surface area contributed by atoms with Gasteiger partial charge in [-0.25, -0.2) is 4.98 Å². The molecule has 3 rings (SSSR count). The Hall–Kier alpha value is -2.41. The van der Waals surface area contributed by atoms with Crippen molar-refractivity contribution in [2.45, 2.75) is 12.3 Å². The van der Waals surface area contributed by atoms with Gasteiger partial charge in [0.1, 0.15) is 5.82 Å². The van der Waals surface area contributed by atoms with Crippen molar-refractivity contribution in [1.82, 2.24) is 9.55 Å². The third kappa shape index (κ3) is 2.04. The van der Waals surface area contributed by atoms with E-state index in [1.807, 2.05) is 30.3 Å². The highest BCUT2D eigenvalue weighted by Gasteiger charge is 2.41. The molecule has 1 heterocycles. The smallest absolute Gasteiger partial charge is 0.253 e. The first-order chi connectivity index (χ1) is 9.20. The van der Waals surface area contributed by atoms with Crippen LogP contribution in [0.3, 0.4) is 0 Å². The molecule has 0 radical (unpaired) electrons. The van der Waals surface area contributed by atoms with Crippen LogP contribution in [0, 0.1) is 17.2 Å². The van der Waals surface area contributed by atoms with Crippen LogP contribution >= 0.6 is 0 Å². The molecule has 1 fully saturated rings. The van der Waals surface area contributed by atoms with Crippen molar-refractivity contribution < 1.29 is 0 Å². The number of benzene rings is 1. The summed E-state index contributed by atoms with van der Waals surface area (Å²) in [5.74, 6) is 0.827. The van der Waals surface area contributed by atoms with Gasteiger partial charge < -0.3 is 0 Å². The van der Waals surface area contributed by atoms with Crippen LogP contribution in [-0.4, -0.2) is 9.55 Å². The van der Waals surface area contributed by atoms with E-state index in [2.05, 4.69) is 11.1 Å². The molecule has 0 saturated heterocycles. The first-order valence-corrected chi connectivity index (χ1v) is 6.23. The molecule has 1 saturated carbocycles. The van der Waals surface area contributed by atoms with Gasteiger partial charge in [-0.2, -0.15) is 5.26 Å².